The molecule has 3 rings (SSSR count). The molecule has 1 aromatic heterocycles. The normalized spacial score (nSPS) is 12.1. The first-order chi connectivity index (χ1) is 16.1. The van der Waals surface area contributed by atoms with Gasteiger partial charge in [-0.3, -0.25) is 0 Å². The Balaban J connectivity index is 2.24. The van der Waals surface area contributed by atoms with Crippen LogP contribution in [0.1, 0.15) is 23.6 Å². The Morgan fingerprint density at radius 1 is 0.939 bits per heavy atom. The average molecular weight is 462 g/mol. The Morgan fingerprint density at radius 3 is 1.94 bits per heavy atom. The zero-order valence-corrected chi connectivity index (χ0v) is 19.9. The lowest BCUT2D eigenvalue weighted by molar-refractivity contribution is -0.000462. The molecule has 33 heavy (non-hydrogen) atoms. The van der Waals surface area contributed by atoms with Gasteiger partial charge < -0.3 is 14.2 Å². The minimum absolute atomic E-state index is 0.314. The van der Waals surface area contributed by atoms with Crippen molar-refractivity contribution in [2.45, 2.75) is 19.1 Å². The molecule has 0 spiro atoms. The first kappa shape index (κ1) is 24.3. The summed E-state index contributed by atoms with van der Waals surface area (Å²) in [6.45, 7) is 6.23. The fourth-order valence-corrected chi connectivity index (χ4v) is 3.79. The van der Waals surface area contributed by atoms with Gasteiger partial charge in [0.05, 0.1) is 20.8 Å². The van der Waals surface area contributed by atoms with Crippen LogP contribution in [-0.2, 0) is 16.9 Å². The fourth-order valence-electron chi connectivity index (χ4n) is 3.68. The minimum atomic E-state index is -0.932. The predicted molar refractivity (Wildman–Crippen MR) is 134 cm³/mol. The third-order valence-corrected chi connectivity index (χ3v) is 5.51. The highest BCUT2D eigenvalue weighted by Crippen LogP contribution is 2.43. The summed E-state index contributed by atoms with van der Waals surface area (Å²) in [6, 6.07) is 19.5. The van der Waals surface area contributed by atoms with E-state index in [1.165, 1.54) is 0 Å². The van der Waals surface area contributed by atoms with Crippen molar-refractivity contribution in [3.05, 3.63) is 125 Å². The van der Waals surface area contributed by atoms with Crippen LogP contribution in [0, 0.1) is 0 Å². The molecule has 2 aromatic carbocycles. The topological polar surface area (TPSA) is 40.6 Å². The zero-order chi connectivity index (χ0) is 23.7. The maximum Gasteiger partial charge on any atom is 0.144 e. The maximum absolute atomic E-state index is 6.81. The van der Waals surface area contributed by atoms with E-state index in [-0.39, 0.29) is 0 Å². The number of hydrogen-bond donors (Lipinski definition) is 0. The second kappa shape index (κ2) is 11.5. The second-order valence-corrected chi connectivity index (χ2v) is 7.66. The number of rotatable bonds is 10. The molecule has 0 aliphatic rings. The number of allylic oxidation sites excluding steroid dienone is 3. The molecule has 5 heteroatoms. The number of pyridine rings is 1. The molecule has 0 N–H and O–H groups in total. The molecule has 0 saturated carbocycles. The maximum atomic E-state index is 6.81. The number of hydrogen-bond acceptors (Lipinski definition) is 4. The van der Waals surface area contributed by atoms with E-state index < -0.39 is 5.60 Å². The molecule has 0 fully saturated rings. The molecule has 1 heterocycles. The largest absolute Gasteiger partial charge is 0.497 e. The summed E-state index contributed by atoms with van der Waals surface area (Å²) in [7, 11) is 3.30. The van der Waals surface area contributed by atoms with Gasteiger partial charge in [0.2, 0.25) is 0 Å². The molecular formula is C28H28ClNO3. The molecule has 0 atom stereocenters. The highest BCUT2D eigenvalue weighted by Gasteiger charge is 2.38. The Bertz CT molecular complexity index is 1050. The van der Waals surface area contributed by atoms with Crippen molar-refractivity contribution in [3.63, 3.8) is 0 Å². The van der Waals surface area contributed by atoms with E-state index >= 15 is 0 Å². The van der Waals surface area contributed by atoms with Gasteiger partial charge in [-0.25, -0.2) is 4.98 Å². The van der Waals surface area contributed by atoms with Crippen molar-refractivity contribution in [2.75, 3.05) is 14.2 Å². The Kier molecular flexibility index (Phi) is 8.47. The molecule has 0 amide bonds. The Morgan fingerprint density at radius 2 is 1.52 bits per heavy atom. The van der Waals surface area contributed by atoms with Gasteiger partial charge in [-0.2, -0.15) is 0 Å². The quantitative estimate of drug-likeness (QED) is 0.243. The number of ether oxygens (including phenoxy) is 3. The smallest absolute Gasteiger partial charge is 0.144 e. The summed E-state index contributed by atoms with van der Waals surface area (Å²) in [6.07, 6.45) is 9.49. The van der Waals surface area contributed by atoms with Crippen molar-refractivity contribution in [1.29, 1.82) is 0 Å². The molecule has 0 saturated heterocycles. The van der Waals surface area contributed by atoms with Crippen LogP contribution in [0.4, 0.5) is 0 Å². The van der Waals surface area contributed by atoms with Gasteiger partial charge >= 0.3 is 0 Å². The van der Waals surface area contributed by atoms with E-state index in [9.17, 15) is 0 Å². The van der Waals surface area contributed by atoms with Gasteiger partial charge in [0.25, 0.3) is 0 Å². The van der Waals surface area contributed by atoms with Crippen LogP contribution in [0.25, 0.3) is 0 Å². The van der Waals surface area contributed by atoms with Gasteiger partial charge in [0, 0.05) is 6.20 Å². The molecule has 0 unspecified atom stereocenters. The standard InChI is InChI=1S/C28H28ClNO3/c1-5-7-22(8-6-2)28(23-10-14-25(31-3)15-11-23,24-12-16-26(32-4)17-13-24)33-20-21-9-18-27(29)30-19-21/h5-19H,1,20H2,2-4H3/b8-6-,22-7+. The van der Waals surface area contributed by atoms with Crippen LogP contribution in [0.2, 0.25) is 5.15 Å². The van der Waals surface area contributed by atoms with Crippen LogP contribution in [0.15, 0.2) is 103 Å². The Hall–Kier alpha value is -3.34. The Labute approximate surface area is 200 Å². The summed E-state index contributed by atoms with van der Waals surface area (Å²) in [5, 5.41) is 0.441. The van der Waals surface area contributed by atoms with Crippen LogP contribution in [0.5, 0.6) is 11.5 Å². The zero-order valence-electron chi connectivity index (χ0n) is 19.1. The lowest BCUT2D eigenvalue weighted by Crippen LogP contribution is -2.33. The third-order valence-electron chi connectivity index (χ3n) is 5.29. The van der Waals surface area contributed by atoms with Crippen LogP contribution >= 0.6 is 11.6 Å². The molecule has 0 radical (unpaired) electrons. The minimum Gasteiger partial charge on any atom is -0.497 e. The van der Waals surface area contributed by atoms with Gasteiger partial charge in [-0.05, 0) is 59.5 Å². The number of benzene rings is 2. The van der Waals surface area contributed by atoms with E-state index in [0.717, 1.165) is 33.8 Å². The summed E-state index contributed by atoms with van der Waals surface area (Å²) >= 11 is 5.98. The number of aromatic nitrogens is 1. The van der Waals surface area contributed by atoms with E-state index in [2.05, 4.69) is 11.6 Å². The van der Waals surface area contributed by atoms with Crippen molar-refractivity contribution in [1.82, 2.24) is 4.98 Å². The summed E-state index contributed by atoms with van der Waals surface area (Å²) in [5.74, 6) is 1.54. The predicted octanol–water partition coefficient (Wildman–Crippen LogP) is 6.90. The highest BCUT2D eigenvalue weighted by molar-refractivity contribution is 6.29. The summed E-state index contributed by atoms with van der Waals surface area (Å²) in [5.41, 5.74) is 2.79. The van der Waals surface area contributed by atoms with Crippen molar-refractivity contribution >= 4 is 11.6 Å². The number of nitrogens with zero attached hydrogens (tertiary/aromatic N) is 1. The average Bonchev–Trinajstić information content (AvgIpc) is 2.86. The van der Waals surface area contributed by atoms with E-state index in [1.54, 1.807) is 32.6 Å². The molecule has 0 aliphatic heterocycles. The third kappa shape index (κ3) is 5.54. The lowest BCUT2D eigenvalue weighted by Gasteiger charge is -2.37. The molecule has 170 valence electrons. The number of methoxy groups -OCH3 is 2. The second-order valence-electron chi connectivity index (χ2n) is 7.27. The van der Waals surface area contributed by atoms with Crippen LogP contribution < -0.4 is 9.47 Å². The first-order valence-electron chi connectivity index (χ1n) is 10.6. The number of halogens is 1. The van der Waals surface area contributed by atoms with E-state index in [1.807, 2.05) is 79.7 Å². The first-order valence-corrected chi connectivity index (χ1v) is 10.9. The fraction of sp³-hybridized carbons (Fsp3) is 0.179. The van der Waals surface area contributed by atoms with Crippen molar-refractivity contribution < 1.29 is 14.2 Å². The van der Waals surface area contributed by atoms with E-state index in [0.29, 0.717) is 11.8 Å². The molecule has 4 nitrogen and oxygen atoms in total. The summed E-state index contributed by atoms with van der Waals surface area (Å²) < 4.78 is 17.6. The lowest BCUT2D eigenvalue weighted by atomic mass is 9.79. The van der Waals surface area contributed by atoms with Gasteiger partial charge in [-0.1, -0.05) is 72.8 Å². The highest BCUT2D eigenvalue weighted by atomic mass is 35.5. The van der Waals surface area contributed by atoms with Crippen LogP contribution in [-0.4, -0.2) is 19.2 Å². The molecule has 0 aliphatic carbocycles. The molecule has 0 bridgehead atoms. The van der Waals surface area contributed by atoms with Crippen molar-refractivity contribution in [2.24, 2.45) is 0 Å². The molecule has 3 aromatic rings. The van der Waals surface area contributed by atoms with Gasteiger partial charge in [0.1, 0.15) is 22.3 Å². The SMILES string of the molecule is C=C/C=C(\C=C/C)C(OCc1ccc(Cl)nc1)(c1ccc(OC)cc1)c1ccc(OC)cc1. The molecular weight excluding hydrogens is 434 g/mol. The van der Waals surface area contributed by atoms with Gasteiger partial charge in [-0.15, -0.1) is 0 Å². The van der Waals surface area contributed by atoms with Crippen molar-refractivity contribution in [3.8, 4) is 11.5 Å². The summed E-state index contributed by atoms with van der Waals surface area (Å²) in [4.78, 5) is 4.20. The van der Waals surface area contributed by atoms with Crippen LogP contribution in [0.3, 0.4) is 0 Å². The van der Waals surface area contributed by atoms with Gasteiger partial charge in [0.15, 0.2) is 0 Å². The van der Waals surface area contributed by atoms with E-state index in [4.69, 9.17) is 25.8 Å². The monoisotopic (exact) mass is 461 g/mol.